The molecule has 0 bridgehead atoms. The first-order valence-corrected chi connectivity index (χ1v) is 13.4. The van der Waals surface area contributed by atoms with E-state index in [1.165, 1.54) is 4.31 Å². The molecule has 1 N–H and O–H groups in total. The Bertz CT molecular complexity index is 746. The van der Waals surface area contributed by atoms with E-state index in [2.05, 4.69) is 5.48 Å². The summed E-state index contributed by atoms with van der Waals surface area (Å²) >= 11 is 0. The topological polar surface area (TPSA) is 103 Å². The van der Waals surface area contributed by atoms with Gasteiger partial charge in [0, 0.05) is 71.8 Å². The Kier molecular flexibility index (Phi) is 9.99. The first-order valence-electron chi connectivity index (χ1n) is 11.9. The largest absolute Gasteiger partial charge is 0.389 e. The Hall–Kier alpha value is -0.990. The zero-order chi connectivity index (χ0) is 24.7. The smallest absolute Gasteiger partial charge is 0.381 e. The number of carbonyl (C=O) groups excluding carboxylic acids is 1. The second-order valence-electron chi connectivity index (χ2n) is 9.09. The molecule has 0 aromatic rings. The zero-order valence-corrected chi connectivity index (χ0v) is 20.1. The monoisotopic (exact) mass is 516 g/mol. The van der Waals surface area contributed by atoms with Crippen molar-refractivity contribution in [1.82, 2.24) is 9.79 Å². The van der Waals surface area contributed by atoms with Gasteiger partial charge >= 0.3 is 6.18 Å². The fourth-order valence-corrected chi connectivity index (χ4v) is 6.65. The molecule has 3 fully saturated rings. The highest BCUT2D eigenvalue weighted by Gasteiger charge is 2.54. The van der Waals surface area contributed by atoms with Crippen LogP contribution in [-0.2, 0) is 33.9 Å². The van der Waals surface area contributed by atoms with Gasteiger partial charge in [0.25, 0.3) is 5.91 Å². The van der Waals surface area contributed by atoms with Crippen molar-refractivity contribution in [2.24, 2.45) is 5.92 Å². The molecule has 1 atom stereocenters. The van der Waals surface area contributed by atoms with Crippen molar-refractivity contribution >= 4 is 15.9 Å². The number of sulfonamides is 1. The number of piperidine rings is 1. The first-order chi connectivity index (χ1) is 16.1. The number of amides is 1. The maximum absolute atomic E-state index is 13.6. The van der Waals surface area contributed by atoms with E-state index in [9.17, 15) is 26.4 Å². The SMILES string of the molecule is O=C(NOC1CCCCO1)C1(S(=O)(=O)N2CCC(COCCCC(F)(F)F)CC2)CCOCC1. The number of carbonyl (C=O) groups is 1. The summed E-state index contributed by atoms with van der Waals surface area (Å²) in [6, 6.07) is 0. The molecule has 34 heavy (non-hydrogen) atoms. The molecule has 1 amide bonds. The van der Waals surface area contributed by atoms with E-state index in [1.54, 1.807) is 0 Å². The summed E-state index contributed by atoms with van der Waals surface area (Å²) in [6.07, 6.45) is -2.24. The predicted molar refractivity (Wildman–Crippen MR) is 115 cm³/mol. The quantitative estimate of drug-likeness (QED) is 0.352. The van der Waals surface area contributed by atoms with Gasteiger partial charge in [-0.3, -0.25) is 4.79 Å². The number of rotatable bonds is 10. The van der Waals surface area contributed by atoms with Crippen molar-refractivity contribution < 1.29 is 45.4 Å². The summed E-state index contributed by atoms with van der Waals surface area (Å²) in [5.74, 6) is -0.649. The number of halogens is 3. The highest BCUT2D eigenvalue weighted by molar-refractivity contribution is 7.91. The van der Waals surface area contributed by atoms with Crippen molar-refractivity contribution in [2.75, 3.05) is 46.1 Å². The number of alkyl halides is 3. The molecule has 0 radical (unpaired) electrons. The Balaban J connectivity index is 1.52. The average Bonchev–Trinajstić information content (AvgIpc) is 2.83. The lowest BCUT2D eigenvalue weighted by molar-refractivity contribution is -0.202. The van der Waals surface area contributed by atoms with Gasteiger partial charge in [0.15, 0.2) is 11.0 Å². The fraction of sp³-hybridized carbons (Fsp3) is 0.952. The third-order valence-electron chi connectivity index (χ3n) is 6.64. The van der Waals surface area contributed by atoms with E-state index in [0.29, 0.717) is 32.5 Å². The average molecular weight is 517 g/mol. The second kappa shape index (κ2) is 12.3. The van der Waals surface area contributed by atoms with Crippen molar-refractivity contribution in [3.8, 4) is 0 Å². The minimum atomic E-state index is -4.19. The van der Waals surface area contributed by atoms with E-state index < -0.39 is 39.6 Å². The van der Waals surface area contributed by atoms with Crippen LogP contribution in [0.1, 0.15) is 57.8 Å². The van der Waals surface area contributed by atoms with Gasteiger partial charge in [-0.25, -0.2) is 23.0 Å². The highest BCUT2D eigenvalue weighted by atomic mass is 32.2. The van der Waals surface area contributed by atoms with Gasteiger partial charge in [-0.2, -0.15) is 13.2 Å². The Morgan fingerprint density at radius 3 is 2.41 bits per heavy atom. The van der Waals surface area contributed by atoms with E-state index in [1.807, 2.05) is 0 Å². The van der Waals surface area contributed by atoms with Crippen LogP contribution in [0.3, 0.4) is 0 Å². The number of ether oxygens (including phenoxy) is 3. The van der Waals surface area contributed by atoms with Crippen LogP contribution in [0.4, 0.5) is 13.2 Å². The molecule has 0 aliphatic carbocycles. The minimum absolute atomic E-state index is 0.0199. The van der Waals surface area contributed by atoms with Gasteiger partial charge in [-0.05, 0) is 38.0 Å². The van der Waals surface area contributed by atoms with Crippen LogP contribution in [0.15, 0.2) is 0 Å². The van der Waals surface area contributed by atoms with E-state index in [4.69, 9.17) is 19.0 Å². The first kappa shape index (κ1) is 27.6. The van der Waals surface area contributed by atoms with Crippen LogP contribution in [-0.4, -0.2) is 82.0 Å². The molecule has 3 rings (SSSR count). The molecular weight excluding hydrogens is 481 g/mol. The highest BCUT2D eigenvalue weighted by Crippen LogP contribution is 2.35. The van der Waals surface area contributed by atoms with Gasteiger partial charge in [0.1, 0.15) is 0 Å². The summed E-state index contributed by atoms with van der Waals surface area (Å²) in [5, 5.41) is 0. The number of hydroxylamine groups is 1. The molecule has 0 saturated carbocycles. The standard InChI is InChI=1S/C21H35F3N2O7S/c22-21(23,24)7-3-12-31-16-17-5-10-26(11-6-17)34(28,29)20(8-14-30-15-9-20)19(27)25-33-18-4-1-2-13-32-18/h17-18H,1-16H2,(H,25,27). The van der Waals surface area contributed by atoms with Crippen LogP contribution in [0.2, 0.25) is 0 Å². The second-order valence-corrected chi connectivity index (χ2v) is 11.3. The molecule has 0 aromatic heterocycles. The molecule has 3 aliphatic rings. The van der Waals surface area contributed by atoms with Crippen molar-refractivity contribution in [3.63, 3.8) is 0 Å². The van der Waals surface area contributed by atoms with Crippen molar-refractivity contribution in [3.05, 3.63) is 0 Å². The van der Waals surface area contributed by atoms with Gasteiger partial charge in [0.05, 0.1) is 0 Å². The third-order valence-corrected chi connectivity index (χ3v) is 9.27. The van der Waals surface area contributed by atoms with Crippen LogP contribution < -0.4 is 5.48 Å². The predicted octanol–water partition coefficient (Wildman–Crippen LogP) is 2.51. The molecule has 9 nitrogen and oxygen atoms in total. The molecular formula is C21H35F3N2O7S. The summed E-state index contributed by atoms with van der Waals surface area (Å²) in [7, 11) is -4.01. The van der Waals surface area contributed by atoms with E-state index in [-0.39, 0.29) is 58.1 Å². The molecule has 3 heterocycles. The minimum Gasteiger partial charge on any atom is -0.381 e. The lowest BCUT2D eigenvalue weighted by Crippen LogP contribution is -2.61. The van der Waals surface area contributed by atoms with Gasteiger partial charge in [-0.1, -0.05) is 0 Å². The van der Waals surface area contributed by atoms with Crippen LogP contribution in [0.25, 0.3) is 0 Å². The Morgan fingerprint density at radius 2 is 1.79 bits per heavy atom. The lowest BCUT2D eigenvalue weighted by atomic mass is 9.98. The van der Waals surface area contributed by atoms with Crippen LogP contribution in [0, 0.1) is 5.92 Å². The number of hydrogen-bond acceptors (Lipinski definition) is 7. The molecule has 0 aromatic carbocycles. The van der Waals surface area contributed by atoms with Gasteiger partial charge < -0.3 is 14.2 Å². The maximum atomic E-state index is 13.6. The van der Waals surface area contributed by atoms with E-state index >= 15 is 0 Å². The number of nitrogens with zero attached hydrogens (tertiary/aromatic N) is 1. The van der Waals surface area contributed by atoms with Crippen LogP contribution >= 0.6 is 0 Å². The number of hydrogen-bond donors (Lipinski definition) is 1. The number of nitrogens with one attached hydrogen (secondary N) is 1. The third kappa shape index (κ3) is 7.26. The molecule has 3 saturated heterocycles. The van der Waals surface area contributed by atoms with E-state index in [0.717, 1.165) is 12.8 Å². The molecule has 0 spiro atoms. The molecule has 13 heteroatoms. The summed E-state index contributed by atoms with van der Waals surface area (Å²) in [5.41, 5.74) is 2.34. The van der Waals surface area contributed by atoms with Gasteiger partial charge in [-0.15, -0.1) is 0 Å². The molecule has 1 unspecified atom stereocenters. The normalized spacial score (nSPS) is 25.2. The van der Waals surface area contributed by atoms with Crippen molar-refractivity contribution in [1.29, 1.82) is 0 Å². The van der Waals surface area contributed by atoms with Gasteiger partial charge in [0.2, 0.25) is 10.0 Å². The Labute approximate surface area is 198 Å². The molecule has 198 valence electrons. The summed E-state index contributed by atoms with van der Waals surface area (Å²) in [6.45, 7) is 1.58. The van der Waals surface area contributed by atoms with Crippen molar-refractivity contribution in [2.45, 2.75) is 75.0 Å². The maximum Gasteiger partial charge on any atom is 0.389 e. The lowest BCUT2D eigenvalue weighted by Gasteiger charge is -2.41. The summed E-state index contributed by atoms with van der Waals surface area (Å²) < 4.78 is 79.7. The fourth-order valence-electron chi connectivity index (χ4n) is 4.51. The Morgan fingerprint density at radius 1 is 1.09 bits per heavy atom. The zero-order valence-electron chi connectivity index (χ0n) is 19.3. The summed E-state index contributed by atoms with van der Waals surface area (Å²) in [4.78, 5) is 18.5. The molecule has 3 aliphatic heterocycles. The van der Waals surface area contributed by atoms with Crippen LogP contribution in [0.5, 0.6) is 0 Å².